The summed E-state index contributed by atoms with van der Waals surface area (Å²) in [5.41, 5.74) is 5.68. The summed E-state index contributed by atoms with van der Waals surface area (Å²) < 4.78 is 5.69. The van der Waals surface area contributed by atoms with Crippen molar-refractivity contribution >= 4 is 17.7 Å². The molecule has 8 heteroatoms. The van der Waals surface area contributed by atoms with E-state index in [1.807, 2.05) is 4.90 Å². The van der Waals surface area contributed by atoms with Gasteiger partial charge in [0.15, 0.2) is 6.61 Å². The second kappa shape index (κ2) is 9.26. The molecule has 3 aliphatic heterocycles. The van der Waals surface area contributed by atoms with Gasteiger partial charge in [-0.1, -0.05) is 18.6 Å². The van der Waals surface area contributed by atoms with Crippen LogP contribution in [0.2, 0.25) is 0 Å². The van der Waals surface area contributed by atoms with E-state index in [0.717, 1.165) is 25.9 Å². The number of rotatable bonds is 6. The minimum Gasteiger partial charge on any atom is -0.483 e. The van der Waals surface area contributed by atoms with E-state index in [0.29, 0.717) is 36.7 Å². The van der Waals surface area contributed by atoms with Gasteiger partial charge in [-0.15, -0.1) is 0 Å². The van der Waals surface area contributed by atoms with Crippen LogP contribution in [0.4, 0.5) is 0 Å². The maximum Gasteiger partial charge on any atom is 0.260 e. The molecule has 4 rings (SSSR count). The zero-order chi connectivity index (χ0) is 22.0. The Morgan fingerprint density at radius 1 is 1.16 bits per heavy atom. The lowest BCUT2D eigenvalue weighted by molar-refractivity contribution is -0.143. The number of para-hydroxylation sites is 1. The van der Waals surface area contributed by atoms with E-state index in [9.17, 15) is 14.4 Å². The normalized spacial score (nSPS) is 27.8. The Balaban J connectivity index is 1.44. The lowest BCUT2D eigenvalue weighted by Gasteiger charge is -2.56. The molecule has 3 amide bonds. The fraction of sp³-hybridized carbons (Fsp3) is 0.609. The van der Waals surface area contributed by atoms with Crippen LogP contribution in [0.3, 0.4) is 0 Å². The number of hydrogen-bond acceptors (Lipinski definition) is 5. The highest BCUT2D eigenvalue weighted by atomic mass is 16.5. The molecule has 8 nitrogen and oxygen atoms in total. The van der Waals surface area contributed by atoms with E-state index in [2.05, 4.69) is 10.2 Å². The minimum atomic E-state index is -0.575. The summed E-state index contributed by atoms with van der Waals surface area (Å²) in [4.78, 5) is 40.7. The van der Waals surface area contributed by atoms with E-state index in [4.69, 9.17) is 10.5 Å². The zero-order valence-corrected chi connectivity index (χ0v) is 18.1. The van der Waals surface area contributed by atoms with E-state index >= 15 is 0 Å². The number of piperidine rings is 3. The van der Waals surface area contributed by atoms with Crippen LogP contribution in [0.15, 0.2) is 24.3 Å². The molecule has 4 atom stereocenters. The van der Waals surface area contributed by atoms with E-state index < -0.39 is 5.91 Å². The summed E-state index contributed by atoms with van der Waals surface area (Å²) in [5.74, 6) is 0.463. The third kappa shape index (κ3) is 4.69. The van der Waals surface area contributed by atoms with Crippen molar-refractivity contribution in [3.8, 4) is 5.75 Å². The lowest BCUT2D eigenvalue weighted by Crippen LogP contribution is -2.66. The molecule has 0 aromatic heterocycles. The Morgan fingerprint density at radius 3 is 2.71 bits per heavy atom. The number of primary amides is 1. The van der Waals surface area contributed by atoms with Gasteiger partial charge in [-0.2, -0.15) is 0 Å². The lowest BCUT2D eigenvalue weighted by atomic mass is 9.72. The predicted molar refractivity (Wildman–Crippen MR) is 115 cm³/mol. The van der Waals surface area contributed by atoms with Gasteiger partial charge in [-0.05, 0) is 49.8 Å². The smallest absolute Gasteiger partial charge is 0.260 e. The van der Waals surface area contributed by atoms with Gasteiger partial charge in [0.25, 0.3) is 11.8 Å². The maximum absolute atomic E-state index is 13.0. The van der Waals surface area contributed by atoms with Gasteiger partial charge in [-0.25, -0.2) is 0 Å². The van der Waals surface area contributed by atoms with Crippen LogP contribution in [0.5, 0.6) is 5.75 Å². The Hall–Kier alpha value is -2.61. The highest BCUT2D eigenvalue weighted by Gasteiger charge is 2.47. The first-order valence-electron chi connectivity index (χ1n) is 11.2. The summed E-state index contributed by atoms with van der Waals surface area (Å²) in [6, 6.07) is 7.45. The Bertz CT molecular complexity index is 845. The monoisotopic (exact) mass is 428 g/mol. The third-order valence-corrected chi connectivity index (χ3v) is 7.04. The van der Waals surface area contributed by atoms with Crippen molar-refractivity contribution in [3.05, 3.63) is 29.8 Å². The van der Waals surface area contributed by atoms with Crippen LogP contribution in [-0.2, 0) is 9.59 Å². The average Bonchev–Trinajstić information content (AvgIpc) is 2.77. The number of carbonyl (C=O) groups excluding carboxylic acids is 3. The molecule has 31 heavy (non-hydrogen) atoms. The first-order chi connectivity index (χ1) is 14.9. The van der Waals surface area contributed by atoms with Crippen molar-refractivity contribution in [2.75, 3.05) is 32.8 Å². The number of fused-ring (bicyclic) bond motifs is 4. The van der Waals surface area contributed by atoms with Crippen LogP contribution in [0, 0.1) is 11.8 Å². The second-order valence-electron chi connectivity index (χ2n) is 9.01. The Morgan fingerprint density at radius 2 is 1.94 bits per heavy atom. The Labute approximate surface area is 183 Å². The SMILES string of the molecule is CC(=O)NC[C@H]1[C@H]2C[C@H](CN(C(=O)COc3ccccc3C(N)=O)C2)[C@@H]2CCCCN21. The number of hydrogen-bond donors (Lipinski definition) is 2. The van der Waals surface area contributed by atoms with Crippen molar-refractivity contribution in [2.24, 2.45) is 17.6 Å². The minimum absolute atomic E-state index is 0.0130. The molecule has 3 saturated heterocycles. The number of benzene rings is 1. The van der Waals surface area contributed by atoms with Crippen LogP contribution in [0.25, 0.3) is 0 Å². The number of nitrogens with zero attached hydrogens (tertiary/aromatic N) is 2. The quantitative estimate of drug-likeness (QED) is 0.703. The largest absolute Gasteiger partial charge is 0.483 e. The molecule has 1 aromatic rings. The van der Waals surface area contributed by atoms with Crippen molar-refractivity contribution in [2.45, 2.75) is 44.7 Å². The van der Waals surface area contributed by atoms with E-state index in [1.165, 1.54) is 12.8 Å². The fourth-order valence-corrected chi connectivity index (χ4v) is 5.67. The molecule has 0 unspecified atom stereocenters. The number of nitrogens with two attached hydrogens (primary N) is 1. The standard InChI is InChI=1S/C23H32N4O4/c1-15(28)25-11-20-17-10-16(19-7-4-5-9-27(19)20)12-26(13-17)22(29)14-31-21-8-3-2-6-18(21)23(24)30/h2-3,6,8,16-17,19-20H,4-5,7,9-14H2,1H3,(H2,24,30)(H,25,28)/t16-,17+,19+,20+/m1/s1. The number of likely N-dealkylation sites (tertiary alicyclic amines) is 1. The van der Waals surface area contributed by atoms with Gasteiger partial charge in [0, 0.05) is 38.6 Å². The molecular weight excluding hydrogens is 396 g/mol. The van der Waals surface area contributed by atoms with Crippen molar-refractivity contribution in [1.82, 2.24) is 15.1 Å². The summed E-state index contributed by atoms with van der Waals surface area (Å²) in [6.45, 7) is 4.55. The number of ether oxygens (including phenoxy) is 1. The summed E-state index contributed by atoms with van der Waals surface area (Å²) in [5, 5.41) is 3.01. The van der Waals surface area contributed by atoms with Crippen LogP contribution in [-0.4, -0.2) is 72.4 Å². The molecule has 3 aliphatic rings. The number of nitrogens with one attached hydrogen (secondary N) is 1. The number of amides is 3. The third-order valence-electron chi connectivity index (χ3n) is 7.04. The molecule has 0 saturated carbocycles. The van der Waals surface area contributed by atoms with Gasteiger partial charge < -0.3 is 20.7 Å². The van der Waals surface area contributed by atoms with Crippen molar-refractivity contribution < 1.29 is 19.1 Å². The molecule has 2 bridgehead atoms. The summed E-state index contributed by atoms with van der Waals surface area (Å²) >= 11 is 0. The van der Waals surface area contributed by atoms with Gasteiger partial charge in [-0.3, -0.25) is 19.3 Å². The molecule has 3 N–H and O–H groups in total. The van der Waals surface area contributed by atoms with Crippen molar-refractivity contribution in [3.63, 3.8) is 0 Å². The van der Waals surface area contributed by atoms with Gasteiger partial charge in [0.05, 0.1) is 5.56 Å². The maximum atomic E-state index is 13.0. The van der Waals surface area contributed by atoms with Crippen LogP contribution >= 0.6 is 0 Å². The Kier molecular flexibility index (Phi) is 6.46. The summed E-state index contributed by atoms with van der Waals surface area (Å²) in [6.07, 6.45) is 4.66. The highest BCUT2D eigenvalue weighted by Crippen LogP contribution is 2.41. The van der Waals surface area contributed by atoms with Crippen molar-refractivity contribution in [1.29, 1.82) is 0 Å². The molecule has 3 heterocycles. The van der Waals surface area contributed by atoms with Crippen LogP contribution in [0.1, 0.15) is 43.0 Å². The molecule has 168 valence electrons. The number of carbonyl (C=O) groups is 3. The second-order valence-corrected chi connectivity index (χ2v) is 9.01. The van der Waals surface area contributed by atoms with Gasteiger partial charge in [0.1, 0.15) is 5.75 Å². The first-order valence-corrected chi connectivity index (χ1v) is 11.2. The molecule has 1 aromatic carbocycles. The first kappa shape index (κ1) is 21.6. The van der Waals surface area contributed by atoms with Crippen LogP contribution < -0.4 is 15.8 Å². The predicted octanol–water partition coefficient (Wildman–Crippen LogP) is 1.00. The molecule has 0 aliphatic carbocycles. The molecule has 0 spiro atoms. The van der Waals surface area contributed by atoms with E-state index in [1.54, 1.807) is 31.2 Å². The average molecular weight is 429 g/mol. The molecular formula is C23H32N4O4. The van der Waals surface area contributed by atoms with Gasteiger partial charge in [0.2, 0.25) is 5.91 Å². The molecule has 0 radical (unpaired) electrons. The highest BCUT2D eigenvalue weighted by molar-refractivity contribution is 5.95. The topological polar surface area (TPSA) is 105 Å². The summed E-state index contributed by atoms with van der Waals surface area (Å²) in [7, 11) is 0. The zero-order valence-electron chi connectivity index (χ0n) is 18.1. The van der Waals surface area contributed by atoms with Gasteiger partial charge >= 0.3 is 0 Å². The molecule has 3 fully saturated rings. The van der Waals surface area contributed by atoms with E-state index in [-0.39, 0.29) is 30.0 Å². The fourth-order valence-electron chi connectivity index (χ4n) is 5.67.